The predicted octanol–water partition coefficient (Wildman–Crippen LogP) is 4.52. The van der Waals surface area contributed by atoms with Crippen LogP contribution in [0.2, 0.25) is 5.02 Å². The van der Waals surface area contributed by atoms with Gasteiger partial charge in [-0.15, -0.1) is 11.3 Å². The maximum atomic E-state index is 12.1. The normalized spacial score (nSPS) is 10.8. The van der Waals surface area contributed by atoms with Crippen molar-refractivity contribution in [3.8, 4) is 10.4 Å². The first-order valence-electron chi connectivity index (χ1n) is 6.26. The molecule has 20 heavy (non-hydrogen) atoms. The first-order chi connectivity index (χ1) is 9.40. The first kappa shape index (κ1) is 14.9. The third-order valence-electron chi connectivity index (χ3n) is 2.83. The highest BCUT2D eigenvalue weighted by Gasteiger charge is 2.22. The highest BCUT2D eigenvalue weighted by molar-refractivity contribution is 7.19. The van der Waals surface area contributed by atoms with Gasteiger partial charge in [-0.1, -0.05) is 23.7 Å². The minimum atomic E-state index is -0.369. The van der Waals surface area contributed by atoms with Gasteiger partial charge >= 0.3 is 5.97 Å². The van der Waals surface area contributed by atoms with Gasteiger partial charge in [-0.05, 0) is 44.0 Å². The fourth-order valence-corrected chi connectivity index (χ4v) is 3.13. The van der Waals surface area contributed by atoms with Crippen LogP contribution in [0.4, 0.5) is 5.00 Å². The molecule has 0 aliphatic carbocycles. The second-order valence-corrected chi connectivity index (χ2v) is 6.25. The number of esters is 1. The summed E-state index contributed by atoms with van der Waals surface area (Å²) in [5, 5.41) is 1.16. The van der Waals surface area contributed by atoms with Crippen LogP contribution in [0.1, 0.15) is 29.8 Å². The quantitative estimate of drug-likeness (QED) is 0.848. The summed E-state index contributed by atoms with van der Waals surface area (Å²) in [7, 11) is 0. The Hall–Kier alpha value is -1.52. The Balaban J connectivity index is 2.43. The van der Waals surface area contributed by atoms with Crippen molar-refractivity contribution in [2.24, 2.45) is 0 Å². The zero-order valence-electron chi connectivity index (χ0n) is 11.6. The molecular weight excluding hydrogens is 294 g/mol. The number of thiophene rings is 1. The van der Waals surface area contributed by atoms with E-state index < -0.39 is 0 Å². The van der Waals surface area contributed by atoms with E-state index in [1.165, 1.54) is 11.3 Å². The van der Waals surface area contributed by atoms with Gasteiger partial charge in [0, 0.05) is 9.90 Å². The molecule has 2 rings (SSSR count). The Morgan fingerprint density at radius 3 is 2.45 bits per heavy atom. The summed E-state index contributed by atoms with van der Waals surface area (Å²) in [5.41, 5.74) is 8.28. The van der Waals surface area contributed by atoms with Crippen molar-refractivity contribution in [3.63, 3.8) is 0 Å². The van der Waals surface area contributed by atoms with Crippen molar-refractivity contribution in [2.45, 2.75) is 26.9 Å². The molecule has 5 heteroatoms. The molecule has 106 valence electrons. The van der Waals surface area contributed by atoms with E-state index in [1.54, 1.807) is 0 Å². The second kappa shape index (κ2) is 5.85. The number of ether oxygens (including phenoxy) is 1. The van der Waals surface area contributed by atoms with Crippen LogP contribution in [-0.4, -0.2) is 12.1 Å². The number of benzene rings is 1. The summed E-state index contributed by atoms with van der Waals surface area (Å²) in [6, 6.07) is 7.47. The zero-order valence-corrected chi connectivity index (χ0v) is 13.1. The molecule has 0 bridgehead atoms. The number of hydrogen-bond donors (Lipinski definition) is 1. The standard InChI is InChI=1S/C15H16ClNO2S/c1-8(2)19-15(18)12-9(3)13(20-14(12)17)10-4-6-11(16)7-5-10/h4-8H,17H2,1-3H3. The fourth-order valence-electron chi connectivity index (χ4n) is 1.94. The highest BCUT2D eigenvalue weighted by atomic mass is 35.5. The summed E-state index contributed by atoms with van der Waals surface area (Å²) in [5.74, 6) is -0.369. The van der Waals surface area contributed by atoms with Crippen LogP contribution in [0, 0.1) is 6.92 Å². The second-order valence-electron chi connectivity index (χ2n) is 4.76. The maximum Gasteiger partial charge on any atom is 0.341 e. The van der Waals surface area contributed by atoms with Crippen molar-refractivity contribution in [2.75, 3.05) is 5.73 Å². The number of nitrogen functional groups attached to an aromatic ring is 1. The lowest BCUT2D eigenvalue weighted by atomic mass is 10.1. The number of anilines is 1. The molecule has 0 fully saturated rings. The van der Waals surface area contributed by atoms with E-state index in [0.29, 0.717) is 15.6 Å². The molecule has 0 spiro atoms. The number of halogens is 1. The molecule has 0 saturated carbocycles. The number of carbonyl (C=O) groups is 1. The van der Waals surface area contributed by atoms with Crippen molar-refractivity contribution >= 4 is 33.9 Å². The van der Waals surface area contributed by atoms with Gasteiger partial charge in [-0.25, -0.2) is 4.79 Å². The van der Waals surface area contributed by atoms with Gasteiger partial charge in [0.1, 0.15) is 5.00 Å². The van der Waals surface area contributed by atoms with Gasteiger partial charge in [0.05, 0.1) is 11.7 Å². The molecule has 1 aromatic carbocycles. The summed E-state index contributed by atoms with van der Waals surface area (Å²) >= 11 is 7.28. The highest BCUT2D eigenvalue weighted by Crippen LogP contribution is 2.38. The zero-order chi connectivity index (χ0) is 14.9. The minimum Gasteiger partial charge on any atom is -0.459 e. The Labute approximate surface area is 127 Å². The third kappa shape index (κ3) is 2.97. The van der Waals surface area contributed by atoms with E-state index in [9.17, 15) is 4.79 Å². The number of nitrogens with two attached hydrogens (primary N) is 1. The molecular formula is C15H16ClNO2S. The van der Waals surface area contributed by atoms with Crippen molar-refractivity contribution < 1.29 is 9.53 Å². The van der Waals surface area contributed by atoms with Gasteiger partial charge in [-0.3, -0.25) is 0 Å². The lowest BCUT2D eigenvalue weighted by molar-refractivity contribution is 0.0379. The van der Waals surface area contributed by atoms with E-state index in [2.05, 4.69) is 0 Å². The summed E-state index contributed by atoms with van der Waals surface area (Å²) in [6.07, 6.45) is -0.166. The smallest absolute Gasteiger partial charge is 0.341 e. The molecule has 0 radical (unpaired) electrons. The van der Waals surface area contributed by atoms with E-state index >= 15 is 0 Å². The monoisotopic (exact) mass is 309 g/mol. The molecule has 3 nitrogen and oxygen atoms in total. The molecule has 0 aliphatic heterocycles. The van der Waals surface area contributed by atoms with Crippen LogP contribution >= 0.6 is 22.9 Å². The largest absolute Gasteiger partial charge is 0.459 e. The minimum absolute atomic E-state index is 0.166. The Bertz CT molecular complexity index is 632. The van der Waals surface area contributed by atoms with Crippen LogP contribution < -0.4 is 5.73 Å². The lowest BCUT2D eigenvalue weighted by Crippen LogP contribution is -2.13. The molecule has 0 atom stereocenters. The van der Waals surface area contributed by atoms with Crippen LogP contribution in [0.15, 0.2) is 24.3 Å². The fraction of sp³-hybridized carbons (Fsp3) is 0.267. The molecule has 2 N–H and O–H groups in total. The van der Waals surface area contributed by atoms with Gasteiger partial charge in [-0.2, -0.15) is 0 Å². The predicted molar refractivity (Wildman–Crippen MR) is 84.5 cm³/mol. The van der Waals surface area contributed by atoms with E-state index in [1.807, 2.05) is 45.0 Å². The topological polar surface area (TPSA) is 52.3 Å². The Morgan fingerprint density at radius 2 is 1.90 bits per heavy atom. The van der Waals surface area contributed by atoms with Crippen molar-refractivity contribution in [3.05, 3.63) is 40.4 Å². The van der Waals surface area contributed by atoms with Crippen LogP contribution in [0.3, 0.4) is 0 Å². The molecule has 0 unspecified atom stereocenters. The van der Waals surface area contributed by atoms with E-state index in [4.69, 9.17) is 22.1 Å². The molecule has 0 amide bonds. The van der Waals surface area contributed by atoms with Crippen LogP contribution in [0.5, 0.6) is 0 Å². The SMILES string of the molecule is Cc1c(-c2ccc(Cl)cc2)sc(N)c1C(=O)OC(C)C. The molecule has 0 saturated heterocycles. The van der Waals surface area contributed by atoms with E-state index in [0.717, 1.165) is 16.0 Å². The van der Waals surface area contributed by atoms with Gasteiger partial charge in [0.2, 0.25) is 0 Å². The average molecular weight is 310 g/mol. The average Bonchev–Trinajstić information content (AvgIpc) is 2.65. The maximum absolute atomic E-state index is 12.1. The molecule has 1 aromatic heterocycles. The Kier molecular flexibility index (Phi) is 4.35. The van der Waals surface area contributed by atoms with Gasteiger partial charge in [0.25, 0.3) is 0 Å². The molecule has 0 aliphatic rings. The van der Waals surface area contributed by atoms with Crippen LogP contribution in [0.25, 0.3) is 10.4 Å². The molecule has 1 heterocycles. The Morgan fingerprint density at radius 1 is 1.30 bits per heavy atom. The number of hydrogen-bond acceptors (Lipinski definition) is 4. The van der Waals surface area contributed by atoms with Crippen molar-refractivity contribution in [1.29, 1.82) is 0 Å². The van der Waals surface area contributed by atoms with Crippen LogP contribution in [-0.2, 0) is 4.74 Å². The van der Waals surface area contributed by atoms with Gasteiger partial charge in [0.15, 0.2) is 0 Å². The summed E-state index contributed by atoms with van der Waals surface area (Å²) in [4.78, 5) is 13.0. The number of carbonyl (C=O) groups excluding carboxylic acids is 1. The van der Waals surface area contributed by atoms with E-state index in [-0.39, 0.29) is 12.1 Å². The summed E-state index contributed by atoms with van der Waals surface area (Å²) in [6.45, 7) is 5.51. The first-order valence-corrected chi connectivity index (χ1v) is 7.45. The number of rotatable bonds is 3. The summed E-state index contributed by atoms with van der Waals surface area (Å²) < 4.78 is 5.23. The van der Waals surface area contributed by atoms with Gasteiger partial charge < -0.3 is 10.5 Å². The third-order valence-corrected chi connectivity index (χ3v) is 4.25. The lowest BCUT2D eigenvalue weighted by Gasteiger charge is -2.08. The van der Waals surface area contributed by atoms with Crippen molar-refractivity contribution in [1.82, 2.24) is 0 Å². The molecule has 2 aromatic rings.